The third kappa shape index (κ3) is 2.60. The van der Waals surface area contributed by atoms with Gasteiger partial charge in [0, 0.05) is 13.1 Å². The van der Waals surface area contributed by atoms with Crippen LogP contribution >= 0.6 is 11.7 Å². The van der Waals surface area contributed by atoms with Crippen LogP contribution in [-0.2, 0) is 6.54 Å². The number of aryl methyl sites for hydroxylation is 1. The minimum atomic E-state index is 0.791. The van der Waals surface area contributed by atoms with E-state index < -0.39 is 0 Å². The van der Waals surface area contributed by atoms with Gasteiger partial charge in [-0.3, -0.25) is 0 Å². The van der Waals surface area contributed by atoms with E-state index in [0.717, 1.165) is 43.3 Å². The summed E-state index contributed by atoms with van der Waals surface area (Å²) in [6, 6.07) is 0. The monoisotopic (exact) mass is 252 g/mol. The standard InChI is InChI=1S/C10H16N6S/c1-3-5-11-9-8(14-17-15-9)10-12-7-13-16(10)6-4-2/h7H,3-6H2,1-2H3,(H,11,15). The van der Waals surface area contributed by atoms with E-state index in [2.05, 4.69) is 38.0 Å². The third-order valence-electron chi connectivity index (χ3n) is 2.29. The van der Waals surface area contributed by atoms with Gasteiger partial charge >= 0.3 is 0 Å². The number of anilines is 1. The van der Waals surface area contributed by atoms with Gasteiger partial charge in [-0.25, -0.2) is 9.67 Å². The van der Waals surface area contributed by atoms with Crippen molar-refractivity contribution >= 4 is 17.5 Å². The van der Waals surface area contributed by atoms with Gasteiger partial charge in [0.15, 0.2) is 17.3 Å². The van der Waals surface area contributed by atoms with Gasteiger partial charge in [0.25, 0.3) is 0 Å². The van der Waals surface area contributed by atoms with Crippen molar-refractivity contribution in [2.24, 2.45) is 0 Å². The maximum Gasteiger partial charge on any atom is 0.181 e. The van der Waals surface area contributed by atoms with E-state index in [9.17, 15) is 0 Å². The normalized spacial score (nSPS) is 10.7. The highest BCUT2D eigenvalue weighted by molar-refractivity contribution is 6.99. The second-order valence-electron chi connectivity index (χ2n) is 3.70. The van der Waals surface area contributed by atoms with Crippen molar-refractivity contribution in [1.82, 2.24) is 23.5 Å². The smallest absolute Gasteiger partial charge is 0.181 e. The molecule has 2 aromatic rings. The Labute approximate surface area is 104 Å². The molecule has 0 saturated carbocycles. The minimum Gasteiger partial charge on any atom is -0.367 e. The van der Waals surface area contributed by atoms with E-state index in [1.54, 1.807) is 6.33 Å². The van der Waals surface area contributed by atoms with Crippen molar-refractivity contribution in [1.29, 1.82) is 0 Å². The molecule has 2 rings (SSSR count). The Morgan fingerprint density at radius 2 is 2.18 bits per heavy atom. The summed E-state index contributed by atoms with van der Waals surface area (Å²) < 4.78 is 10.4. The van der Waals surface area contributed by atoms with Crippen LogP contribution < -0.4 is 5.32 Å². The minimum absolute atomic E-state index is 0.791. The lowest BCUT2D eigenvalue weighted by atomic mass is 10.3. The van der Waals surface area contributed by atoms with E-state index in [4.69, 9.17) is 0 Å². The molecule has 0 aliphatic rings. The first kappa shape index (κ1) is 12.0. The fraction of sp³-hybridized carbons (Fsp3) is 0.600. The topological polar surface area (TPSA) is 68.5 Å². The molecule has 0 atom stereocenters. The van der Waals surface area contributed by atoms with Crippen molar-refractivity contribution in [3.63, 3.8) is 0 Å². The summed E-state index contributed by atoms with van der Waals surface area (Å²) in [5.74, 6) is 1.60. The van der Waals surface area contributed by atoms with Gasteiger partial charge in [-0.1, -0.05) is 13.8 Å². The molecular weight excluding hydrogens is 236 g/mol. The van der Waals surface area contributed by atoms with Crippen LogP contribution in [0.2, 0.25) is 0 Å². The van der Waals surface area contributed by atoms with Crippen LogP contribution in [0.5, 0.6) is 0 Å². The van der Waals surface area contributed by atoms with Crippen molar-refractivity contribution in [2.75, 3.05) is 11.9 Å². The molecule has 2 aromatic heterocycles. The van der Waals surface area contributed by atoms with Crippen molar-refractivity contribution in [3.05, 3.63) is 6.33 Å². The van der Waals surface area contributed by atoms with Gasteiger partial charge < -0.3 is 5.32 Å². The molecule has 0 aliphatic carbocycles. The Morgan fingerprint density at radius 1 is 1.29 bits per heavy atom. The second-order valence-corrected chi connectivity index (χ2v) is 4.22. The molecule has 6 nitrogen and oxygen atoms in total. The van der Waals surface area contributed by atoms with Crippen molar-refractivity contribution in [3.8, 4) is 11.5 Å². The molecule has 0 aliphatic heterocycles. The molecule has 0 spiro atoms. The number of aromatic nitrogens is 5. The van der Waals surface area contributed by atoms with Crippen LogP contribution in [0.15, 0.2) is 6.33 Å². The molecule has 0 saturated heterocycles. The van der Waals surface area contributed by atoms with Crippen LogP contribution in [0, 0.1) is 0 Å². The summed E-state index contributed by atoms with van der Waals surface area (Å²) in [6.07, 6.45) is 3.64. The summed E-state index contributed by atoms with van der Waals surface area (Å²) in [5.41, 5.74) is 0.800. The highest BCUT2D eigenvalue weighted by atomic mass is 32.1. The Hall–Kier alpha value is -1.50. The maximum atomic E-state index is 4.30. The van der Waals surface area contributed by atoms with Crippen molar-refractivity contribution in [2.45, 2.75) is 33.2 Å². The molecule has 17 heavy (non-hydrogen) atoms. The molecule has 92 valence electrons. The number of hydrogen-bond donors (Lipinski definition) is 1. The first-order valence-corrected chi connectivity index (χ1v) is 6.54. The number of nitrogens with zero attached hydrogens (tertiary/aromatic N) is 5. The van der Waals surface area contributed by atoms with Gasteiger partial charge in [0.2, 0.25) is 0 Å². The maximum absolute atomic E-state index is 4.30. The SMILES string of the molecule is CCCNc1nsnc1-c1ncnn1CCC. The van der Waals surface area contributed by atoms with Gasteiger partial charge in [-0.15, -0.1) is 0 Å². The molecule has 0 aromatic carbocycles. The number of nitrogens with one attached hydrogen (secondary N) is 1. The molecule has 7 heteroatoms. The fourth-order valence-corrected chi connectivity index (χ4v) is 2.04. The zero-order valence-electron chi connectivity index (χ0n) is 10.1. The van der Waals surface area contributed by atoms with Crippen LogP contribution in [0.3, 0.4) is 0 Å². The second kappa shape index (κ2) is 5.72. The van der Waals surface area contributed by atoms with Crippen LogP contribution in [0.25, 0.3) is 11.5 Å². The lowest BCUT2D eigenvalue weighted by Crippen LogP contribution is -2.05. The lowest BCUT2D eigenvalue weighted by molar-refractivity contribution is 0.607. The molecule has 2 heterocycles. The van der Waals surface area contributed by atoms with Gasteiger partial charge in [-0.05, 0) is 12.8 Å². The first-order valence-electron chi connectivity index (χ1n) is 5.81. The number of hydrogen-bond acceptors (Lipinski definition) is 6. The molecule has 0 unspecified atom stereocenters. The largest absolute Gasteiger partial charge is 0.367 e. The molecule has 1 N–H and O–H groups in total. The van der Waals surface area contributed by atoms with Crippen LogP contribution in [-0.4, -0.2) is 30.1 Å². The zero-order valence-corrected chi connectivity index (χ0v) is 10.9. The van der Waals surface area contributed by atoms with Gasteiger partial charge in [0.1, 0.15) is 6.33 Å². The lowest BCUT2D eigenvalue weighted by Gasteiger charge is -2.04. The molecule has 0 radical (unpaired) electrons. The molecule has 0 fully saturated rings. The molecule has 0 bridgehead atoms. The van der Waals surface area contributed by atoms with Crippen LogP contribution in [0.1, 0.15) is 26.7 Å². The highest BCUT2D eigenvalue weighted by Crippen LogP contribution is 2.23. The predicted octanol–water partition coefficient (Wildman–Crippen LogP) is 2.03. The van der Waals surface area contributed by atoms with E-state index in [1.807, 2.05) is 4.68 Å². The average molecular weight is 252 g/mol. The van der Waals surface area contributed by atoms with E-state index >= 15 is 0 Å². The molecular formula is C10H16N6S. The molecule has 0 amide bonds. The summed E-state index contributed by atoms with van der Waals surface area (Å²) in [4.78, 5) is 4.26. The first-order chi connectivity index (χ1) is 8.36. The van der Waals surface area contributed by atoms with E-state index in [1.165, 1.54) is 11.7 Å². The summed E-state index contributed by atoms with van der Waals surface area (Å²) in [5, 5.41) is 7.45. The van der Waals surface area contributed by atoms with Crippen LogP contribution in [0.4, 0.5) is 5.82 Å². The Balaban J connectivity index is 2.26. The quantitative estimate of drug-likeness (QED) is 0.852. The van der Waals surface area contributed by atoms with E-state index in [-0.39, 0.29) is 0 Å². The summed E-state index contributed by atoms with van der Waals surface area (Å²) in [7, 11) is 0. The Morgan fingerprint density at radius 3 is 2.94 bits per heavy atom. The van der Waals surface area contributed by atoms with Crippen molar-refractivity contribution < 1.29 is 0 Å². The fourth-order valence-electron chi connectivity index (χ4n) is 1.52. The Bertz CT molecular complexity index is 463. The van der Waals surface area contributed by atoms with Gasteiger partial charge in [-0.2, -0.15) is 13.8 Å². The van der Waals surface area contributed by atoms with Gasteiger partial charge in [0.05, 0.1) is 11.7 Å². The number of rotatable bonds is 6. The average Bonchev–Trinajstić information content (AvgIpc) is 2.94. The third-order valence-corrected chi connectivity index (χ3v) is 2.82. The van der Waals surface area contributed by atoms with E-state index in [0.29, 0.717) is 0 Å². The predicted molar refractivity (Wildman–Crippen MR) is 68.0 cm³/mol. The summed E-state index contributed by atoms with van der Waals surface area (Å²) >= 11 is 1.20. The zero-order chi connectivity index (χ0) is 12.1. The Kier molecular flexibility index (Phi) is 4.03. The highest BCUT2D eigenvalue weighted by Gasteiger charge is 2.15. The summed E-state index contributed by atoms with van der Waals surface area (Å²) in [6.45, 7) is 5.97.